The number of aliphatic hydroxyl groups excluding tert-OH is 1. The second kappa shape index (κ2) is 51.1. The van der Waals surface area contributed by atoms with Gasteiger partial charge in [-0.3, -0.25) is 13.8 Å². The van der Waals surface area contributed by atoms with E-state index in [0.29, 0.717) is 17.4 Å². The highest BCUT2D eigenvalue weighted by atomic mass is 31.2. The third-order valence-corrected chi connectivity index (χ3v) is 13.9. The molecule has 8 nitrogen and oxygen atoms in total. The van der Waals surface area contributed by atoms with E-state index < -0.39 is 20.0 Å². The largest absolute Gasteiger partial charge is 0.472 e. The van der Waals surface area contributed by atoms with Crippen molar-refractivity contribution in [3.63, 3.8) is 0 Å². The van der Waals surface area contributed by atoms with Crippen LogP contribution in [-0.2, 0) is 18.4 Å². The van der Waals surface area contributed by atoms with Crippen molar-refractivity contribution in [1.82, 2.24) is 5.32 Å². The molecule has 0 saturated carbocycles. The van der Waals surface area contributed by atoms with Crippen LogP contribution in [0.3, 0.4) is 0 Å². The smallest absolute Gasteiger partial charge is 0.387 e. The van der Waals surface area contributed by atoms with Crippen LogP contribution in [0.15, 0.2) is 60.8 Å². The van der Waals surface area contributed by atoms with Crippen LogP contribution >= 0.6 is 7.82 Å². The van der Waals surface area contributed by atoms with Gasteiger partial charge in [0.25, 0.3) is 0 Å². The second-order valence-corrected chi connectivity index (χ2v) is 22.5. The van der Waals surface area contributed by atoms with E-state index in [0.717, 1.165) is 51.4 Å². The number of likely N-dealkylation sites (N-methyl/N-ethyl adjacent to an activating group) is 1. The van der Waals surface area contributed by atoms with Gasteiger partial charge in [-0.05, 0) is 70.6 Å². The molecule has 0 aromatic rings. The number of hydrogen-bond acceptors (Lipinski definition) is 5. The highest BCUT2D eigenvalue weighted by Gasteiger charge is 2.27. The van der Waals surface area contributed by atoms with Gasteiger partial charge in [0.2, 0.25) is 5.91 Å². The van der Waals surface area contributed by atoms with Gasteiger partial charge in [0, 0.05) is 6.42 Å². The maximum Gasteiger partial charge on any atom is 0.472 e. The van der Waals surface area contributed by atoms with E-state index in [9.17, 15) is 19.4 Å². The molecule has 0 aromatic carbocycles. The summed E-state index contributed by atoms with van der Waals surface area (Å²) in [5, 5.41) is 13.9. The van der Waals surface area contributed by atoms with Crippen LogP contribution in [0.1, 0.15) is 264 Å². The molecule has 0 spiro atoms. The van der Waals surface area contributed by atoms with Gasteiger partial charge in [0.15, 0.2) is 0 Å². The first-order chi connectivity index (χ1) is 33.5. The molecule has 0 bridgehead atoms. The summed E-state index contributed by atoms with van der Waals surface area (Å²) in [6.45, 7) is 4.80. The van der Waals surface area contributed by atoms with Crippen molar-refractivity contribution in [2.75, 3.05) is 40.9 Å². The van der Waals surface area contributed by atoms with Gasteiger partial charge >= 0.3 is 7.82 Å². The van der Waals surface area contributed by atoms with Gasteiger partial charge < -0.3 is 19.8 Å². The number of unbranched alkanes of at least 4 members (excludes halogenated alkanes) is 32. The molecule has 0 saturated heterocycles. The number of amides is 1. The molecule has 9 heteroatoms. The number of aliphatic hydroxyl groups is 1. The minimum Gasteiger partial charge on any atom is -0.387 e. The molecule has 0 heterocycles. The summed E-state index contributed by atoms with van der Waals surface area (Å²) in [5.41, 5.74) is 0. The SMILES string of the molecule is CCCCCCC/C=C\C/C=C\C/C=C\CCCCCCCCCCCCCCCCC(=O)NC(COP(=O)(O)OCC[N+](C)(C)C)C(O)/C=C/CC/C=C/CCCCCCCCCCCCCC. The van der Waals surface area contributed by atoms with Crippen LogP contribution in [-0.4, -0.2) is 73.4 Å². The third kappa shape index (κ3) is 53.8. The molecule has 0 aliphatic carbocycles. The molecule has 0 aliphatic heterocycles. The number of quaternary nitrogens is 1. The average molecular weight is 991 g/mol. The summed E-state index contributed by atoms with van der Waals surface area (Å²) in [6, 6.07) is -0.866. The second-order valence-electron chi connectivity index (χ2n) is 21.0. The lowest BCUT2D eigenvalue weighted by molar-refractivity contribution is -0.870. The standard InChI is InChI=1S/C60H113N2O6P/c1-6-8-10-12-14-16-18-20-22-24-26-27-28-29-30-31-32-33-34-35-36-38-40-42-44-46-48-50-52-54-60(64)61-58(57-68-69(65,66)67-56-55-62(3,4)5)59(63)53-51-49-47-45-43-41-39-37-25-23-21-19-17-15-13-11-9-7-2/h18,20,24,26,28-29,43,45,51,53,58-59,63H,6-17,19,21-23,25,27,30-42,44,46-50,52,54-57H2,1-5H3,(H-,61,64,65,66)/p+1/b20-18-,26-24-,29-28-,45-43+,53-51+. The number of nitrogens with one attached hydrogen (secondary N) is 1. The number of hydrogen-bond donors (Lipinski definition) is 3. The lowest BCUT2D eigenvalue weighted by Crippen LogP contribution is -2.45. The number of nitrogens with zero attached hydrogens (tertiary/aromatic N) is 1. The van der Waals surface area contributed by atoms with Crippen molar-refractivity contribution in [3.05, 3.63) is 60.8 Å². The van der Waals surface area contributed by atoms with Crippen molar-refractivity contribution in [1.29, 1.82) is 0 Å². The molecular weight excluding hydrogens is 876 g/mol. The Hall–Kier alpha value is -1.80. The fourth-order valence-electron chi connectivity index (χ4n) is 8.36. The summed E-state index contributed by atoms with van der Waals surface area (Å²) in [4.78, 5) is 23.3. The highest BCUT2D eigenvalue weighted by molar-refractivity contribution is 7.47. The Morgan fingerprint density at radius 1 is 0.493 bits per heavy atom. The minimum atomic E-state index is -4.36. The predicted octanol–water partition coefficient (Wildman–Crippen LogP) is 17.7. The number of allylic oxidation sites excluding steroid dienone is 9. The minimum absolute atomic E-state index is 0.0550. The summed E-state index contributed by atoms with van der Waals surface area (Å²) >= 11 is 0. The molecule has 69 heavy (non-hydrogen) atoms. The van der Waals surface area contributed by atoms with E-state index in [4.69, 9.17) is 9.05 Å². The summed E-state index contributed by atoms with van der Waals surface area (Å²) < 4.78 is 23.7. The predicted molar refractivity (Wildman–Crippen MR) is 300 cm³/mol. The lowest BCUT2D eigenvalue weighted by atomic mass is 10.0. The molecule has 0 rings (SSSR count). The van der Waals surface area contributed by atoms with Crippen LogP contribution in [0.25, 0.3) is 0 Å². The monoisotopic (exact) mass is 990 g/mol. The van der Waals surface area contributed by atoms with Crippen LogP contribution in [0, 0.1) is 0 Å². The van der Waals surface area contributed by atoms with E-state index in [1.165, 1.54) is 193 Å². The highest BCUT2D eigenvalue weighted by Crippen LogP contribution is 2.43. The summed E-state index contributed by atoms with van der Waals surface area (Å²) in [6.07, 6.45) is 68.9. The summed E-state index contributed by atoms with van der Waals surface area (Å²) in [5.74, 6) is -0.187. The normalized spacial score (nSPS) is 14.4. The van der Waals surface area contributed by atoms with E-state index >= 15 is 0 Å². The molecular formula is C60H114N2O6P+. The van der Waals surface area contributed by atoms with Gasteiger partial charge in [-0.25, -0.2) is 4.57 Å². The van der Waals surface area contributed by atoms with Crippen molar-refractivity contribution in [2.24, 2.45) is 0 Å². The van der Waals surface area contributed by atoms with Crippen LogP contribution in [0.5, 0.6) is 0 Å². The Bertz CT molecular complexity index is 1310. The van der Waals surface area contributed by atoms with E-state index in [2.05, 4.69) is 67.8 Å². The third-order valence-electron chi connectivity index (χ3n) is 13.0. The maximum atomic E-state index is 13.0. The van der Waals surface area contributed by atoms with Crippen molar-refractivity contribution in [2.45, 2.75) is 276 Å². The molecule has 0 radical (unpaired) electrons. The van der Waals surface area contributed by atoms with Gasteiger partial charge in [-0.2, -0.15) is 0 Å². The fraction of sp³-hybridized carbons (Fsp3) is 0.817. The van der Waals surface area contributed by atoms with Crippen LogP contribution < -0.4 is 5.32 Å². The van der Waals surface area contributed by atoms with Crippen molar-refractivity contribution >= 4 is 13.7 Å². The number of phosphoric ester groups is 1. The zero-order valence-corrected chi connectivity index (χ0v) is 46.9. The first kappa shape index (κ1) is 67.2. The molecule has 0 aromatic heterocycles. The first-order valence-electron chi connectivity index (χ1n) is 29.2. The molecule has 3 unspecified atom stereocenters. The average Bonchev–Trinajstić information content (AvgIpc) is 3.31. The molecule has 404 valence electrons. The lowest BCUT2D eigenvalue weighted by Gasteiger charge is -2.25. The quantitative estimate of drug-likeness (QED) is 0.0243. The van der Waals surface area contributed by atoms with Gasteiger partial charge in [0.1, 0.15) is 13.2 Å². The number of carbonyl (C=O) groups is 1. The first-order valence-corrected chi connectivity index (χ1v) is 30.7. The van der Waals surface area contributed by atoms with Crippen molar-refractivity contribution < 1.29 is 32.9 Å². The Morgan fingerprint density at radius 3 is 1.26 bits per heavy atom. The van der Waals surface area contributed by atoms with Crippen molar-refractivity contribution in [3.8, 4) is 0 Å². The topological polar surface area (TPSA) is 105 Å². The number of phosphoric acid groups is 1. The molecule has 3 atom stereocenters. The van der Waals surface area contributed by atoms with Gasteiger partial charge in [0.05, 0.1) is 39.9 Å². The van der Waals surface area contributed by atoms with Crippen LogP contribution in [0.2, 0.25) is 0 Å². The van der Waals surface area contributed by atoms with Crippen LogP contribution in [0.4, 0.5) is 0 Å². The van der Waals surface area contributed by atoms with E-state index in [1.54, 1.807) is 6.08 Å². The van der Waals surface area contributed by atoms with E-state index in [1.807, 2.05) is 27.2 Å². The number of carbonyl (C=O) groups excluding carboxylic acids is 1. The molecule has 1 amide bonds. The maximum absolute atomic E-state index is 13.0. The Kier molecular flexibility index (Phi) is 49.8. The molecule has 0 aliphatic rings. The Labute approximate surface area is 428 Å². The number of rotatable bonds is 53. The fourth-order valence-corrected chi connectivity index (χ4v) is 9.10. The van der Waals surface area contributed by atoms with Gasteiger partial charge in [-0.1, -0.05) is 248 Å². The molecule has 0 fully saturated rings. The Morgan fingerprint density at radius 2 is 0.841 bits per heavy atom. The summed E-state index contributed by atoms with van der Waals surface area (Å²) in [7, 11) is 1.56. The zero-order valence-electron chi connectivity index (χ0n) is 46.0. The van der Waals surface area contributed by atoms with Gasteiger partial charge in [-0.15, -0.1) is 0 Å². The zero-order chi connectivity index (χ0) is 50.6. The molecule has 3 N–H and O–H groups in total. The van der Waals surface area contributed by atoms with E-state index in [-0.39, 0.29) is 19.1 Å². The Balaban J connectivity index is 4.19.